The molecule has 5 heterocycles. The Morgan fingerprint density at radius 3 is 1.01 bits per heavy atom. The topological polar surface area (TPSA) is 19.7 Å². The normalized spacial score (nSPS) is 12.0. The Morgan fingerprint density at radius 2 is 0.465 bits per heavy atom. The maximum absolute atomic E-state index is 2.51. The fourth-order valence-electron chi connectivity index (χ4n) is 16.4. The highest BCUT2D eigenvalue weighted by Gasteiger charge is 2.23. The van der Waals surface area contributed by atoms with E-state index < -0.39 is 0 Å². The van der Waals surface area contributed by atoms with Crippen LogP contribution >= 0.6 is 11.3 Å². The summed E-state index contributed by atoms with van der Waals surface area (Å²) in [5, 5.41) is 12.4. The minimum atomic E-state index is 1.11. The second-order valence-corrected chi connectivity index (χ2v) is 27.9. The van der Waals surface area contributed by atoms with Crippen molar-refractivity contribution in [3.63, 3.8) is 0 Å². The molecule has 5 aromatic heterocycles. The Labute approximate surface area is 586 Å². The molecule has 0 amide bonds. The van der Waals surface area contributed by atoms with E-state index in [9.17, 15) is 0 Å². The van der Waals surface area contributed by atoms with Gasteiger partial charge in [-0.3, -0.25) is 0 Å². The fraction of sp³-hybridized carbons (Fsp3) is 0. The van der Waals surface area contributed by atoms with Crippen LogP contribution in [-0.2, 0) is 0 Å². The van der Waals surface area contributed by atoms with Crippen LogP contribution in [-0.4, -0.2) is 18.3 Å². The van der Waals surface area contributed by atoms with Crippen molar-refractivity contribution >= 4 is 119 Å². The van der Waals surface area contributed by atoms with E-state index in [2.05, 4.69) is 382 Å². The number of hydrogen-bond donors (Lipinski definition) is 0. The molecule has 0 bridgehead atoms. The summed E-state index contributed by atoms with van der Waals surface area (Å²) in [6, 6.07) is 135. The van der Waals surface area contributed by atoms with Crippen LogP contribution in [0.25, 0.3) is 197 Å². The Balaban J connectivity index is 0.690. The molecule has 16 aromatic carbocycles. The lowest BCUT2D eigenvalue weighted by molar-refractivity contribution is 1.16. The molecule has 0 aliphatic rings. The van der Waals surface area contributed by atoms with Gasteiger partial charge in [-0.1, -0.05) is 231 Å². The molecule has 470 valence electrons. The molecule has 21 aromatic rings. The molecule has 0 N–H and O–H groups in total. The third-order valence-corrected chi connectivity index (χ3v) is 22.2. The SMILES string of the molecule is c1ccc(-c2cccc(-c3cccc(-n4c5ccccc5c5cc6c7cc(-c8cccc(-c9ccc(-n%10c%11ccccc%11c%11cc%12c%13ccccc%13n(-c%13cc(-c%14ccccc%14)cc(-c%14ccccc%14)c%13)c%12cc%11%10)cc9)c8)ccc7n(-c7ccc8sc9ccccc9c8c7)c6cc54)c3)c2)cc1. The smallest absolute Gasteiger partial charge is 0.0562 e. The molecular formula is C96H60N4S. The van der Waals surface area contributed by atoms with Crippen LogP contribution in [0.1, 0.15) is 0 Å². The van der Waals surface area contributed by atoms with Crippen molar-refractivity contribution in [3.8, 4) is 89.5 Å². The Bertz CT molecular complexity index is 6860. The minimum absolute atomic E-state index is 1.11. The number of nitrogens with zero attached hydrogens (tertiary/aromatic N) is 4. The third kappa shape index (κ3) is 9.21. The average molecular weight is 1300 g/mol. The van der Waals surface area contributed by atoms with Gasteiger partial charge in [0.15, 0.2) is 0 Å². The van der Waals surface area contributed by atoms with Gasteiger partial charge < -0.3 is 18.3 Å². The van der Waals surface area contributed by atoms with Crippen LogP contribution in [0, 0.1) is 0 Å². The van der Waals surface area contributed by atoms with E-state index in [4.69, 9.17) is 0 Å². The predicted molar refractivity (Wildman–Crippen MR) is 429 cm³/mol. The van der Waals surface area contributed by atoms with Gasteiger partial charge in [-0.15, -0.1) is 11.3 Å². The number of rotatable bonds is 10. The Hall–Kier alpha value is -13.1. The van der Waals surface area contributed by atoms with Crippen LogP contribution in [0.5, 0.6) is 0 Å². The van der Waals surface area contributed by atoms with Crippen LogP contribution in [0.3, 0.4) is 0 Å². The number of fused-ring (bicyclic) bond motifs is 15. The van der Waals surface area contributed by atoms with Gasteiger partial charge in [0.05, 0.1) is 44.1 Å². The highest BCUT2D eigenvalue weighted by atomic mass is 32.1. The van der Waals surface area contributed by atoms with Gasteiger partial charge >= 0.3 is 0 Å². The molecule has 0 atom stereocenters. The van der Waals surface area contributed by atoms with E-state index in [-0.39, 0.29) is 0 Å². The number of thiophene rings is 1. The van der Waals surface area contributed by atoms with E-state index in [0.29, 0.717) is 0 Å². The lowest BCUT2D eigenvalue weighted by atomic mass is 9.97. The summed E-state index contributed by atoms with van der Waals surface area (Å²) in [6.45, 7) is 0. The maximum atomic E-state index is 2.51. The first kappa shape index (κ1) is 57.1. The monoisotopic (exact) mass is 1300 g/mol. The van der Waals surface area contributed by atoms with Crippen molar-refractivity contribution in [2.75, 3.05) is 0 Å². The molecule has 4 nitrogen and oxygen atoms in total. The lowest BCUT2D eigenvalue weighted by Gasteiger charge is -2.14. The summed E-state index contributed by atoms with van der Waals surface area (Å²) in [6.07, 6.45) is 0. The second-order valence-electron chi connectivity index (χ2n) is 26.8. The molecule has 101 heavy (non-hydrogen) atoms. The number of benzene rings is 16. The van der Waals surface area contributed by atoms with E-state index in [1.807, 2.05) is 11.3 Å². The molecule has 0 unspecified atom stereocenters. The average Bonchev–Trinajstić information content (AvgIpc) is 1.56. The van der Waals surface area contributed by atoms with Gasteiger partial charge in [-0.05, 0) is 200 Å². The first-order valence-electron chi connectivity index (χ1n) is 34.7. The van der Waals surface area contributed by atoms with Gasteiger partial charge in [0.2, 0.25) is 0 Å². The van der Waals surface area contributed by atoms with Crippen LogP contribution < -0.4 is 0 Å². The maximum Gasteiger partial charge on any atom is 0.0562 e. The van der Waals surface area contributed by atoms with Crippen molar-refractivity contribution < 1.29 is 0 Å². The van der Waals surface area contributed by atoms with E-state index in [0.717, 1.165) is 55.9 Å². The van der Waals surface area contributed by atoms with Gasteiger partial charge in [-0.25, -0.2) is 0 Å². The highest BCUT2D eigenvalue weighted by molar-refractivity contribution is 7.25. The van der Waals surface area contributed by atoms with E-state index >= 15 is 0 Å². The van der Waals surface area contributed by atoms with Gasteiger partial charge in [0.1, 0.15) is 0 Å². The molecule has 5 heteroatoms. The summed E-state index contributed by atoms with van der Waals surface area (Å²) in [5.41, 5.74) is 28.0. The summed E-state index contributed by atoms with van der Waals surface area (Å²) in [7, 11) is 0. The molecule has 0 aliphatic carbocycles. The number of aromatic nitrogens is 4. The third-order valence-electron chi connectivity index (χ3n) is 21.1. The number of hydrogen-bond acceptors (Lipinski definition) is 1. The molecule has 0 saturated heterocycles. The standard InChI is InChI=1S/C96H60N4S/c1-4-21-61(22-5-1)65-27-18-29-67(49-65)69-31-20-32-74(52-69)98-88-38-15-11-34-78(88)84-58-85-81-55-70(43-47-90(81)99(94(85)60-92(84)98)75-46-48-96-86(56-75)80-36-13-17-40-95(80)101-96)68-30-19-28-66(50-68)64-41-44-73(45-42-64)97-87-37-14-10-33-77(87)82-57-83-79-35-12-16-39-89(79)100(93(83)59-91(82)97)76-53-71(62-23-6-2-7-24-62)51-72(54-76)63-25-8-3-9-26-63/h1-60H. The van der Waals surface area contributed by atoms with Crippen molar-refractivity contribution in [2.45, 2.75) is 0 Å². The first-order valence-corrected chi connectivity index (χ1v) is 35.5. The van der Waals surface area contributed by atoms with Crippen molar-refractivity contribution in [3.05, 3.63) is 364 Å². The minimum Gasteiger partial charge on any atom is -0.309 e. The molecule has 0 fully saturated rings. The van der Waals surface area contributed by atoms with Gasteiger partial charge in [0, 0.05) is 86.0 Å². The highest BCUT2D eigenvalue weighted by Crippen LogP contribution is 2.46. The zero-order chi connectivity index (χ0) is 66.2. The largest absolute Gasteiger partial charge is 0.309 e. The van der Waals surface area contributed by atoms with E-state index in [1.54, 1.807) is 0 Å². The quantitative estimate of drug-likeness (QED) is 0.130. The van der Waals surface area contributed by atoms with Crippen LogP contribution in [0.2, 0.25) is 0 Å². The molecule has 21 rings (SSSR count). The molecular weight excluding hydrogens is 1240 g/mol. The predicted octanol–water partition coefficient (Wildman–Crippen LogP) is 26.4. The summed E-state index contributed by atoms with van der Waals surface area (Å²) in [4.78, 5) is 0. The molecule has 0 aliphatic heterocycles. The van der Waals surface area contributed by atoms with Crippen molar-refractivity contribution in [2.24, 2.45) is 0 Å². The zero-order valence-corrected chi connectivity index (χ0v) is 55.7. The Kier molecular flexibility index (Phi) is 12.9. The summed E-state index contributed by atoms with van der Waals surface area (Å²) in [5.74, 6) is 0. The first-order chi connectivity index (χ1) is 50.0. The molecule has 0 spiro atoms. The summed E-state index contributed by atoms with van der Waals surface area (Å²) < 4.78 is 12.5. The lowest BCUT2D eigenvalue weighted by Crippen LogP contribution is -1.97. The van der Waals surface area contributed by atoms with E-state index in [1.165, 1.54) is 141 Å². The fourth-order valence-corrected chi connectivity index (χ4v) is 17.5. The second kappa shape index (κ2) is 22.8. The van der Waals surface area contributed by atoms with Crippen molar-refractivity contribution in [1.82, 2.24) is 18.3 Å². The summed E-state index contributed by atoms with van der Waals surface area (Å²) >= 11 is 1.86. The van der Waals surface area contributed by atoms with Crippen LogP contribution in [0.4, 0.5) is 0 Å². The molecule has 0 saturated carbocycles. The Morgan fingerprint density at radius 1 is 0.139 bits per heavy atom. The van der Waals surface area contributed by atoms with Gasteiger partial charge in [0.25, 0.3) is 0 Å². The van der Waals surface area contributed by atoms with Gasteiger partial charge in [-0.2, -0.15) is 0 Å². The zero-order valence-electron chi connectivity index (χ0n) is 54.8. The molecule has 0 radical (unpaired) electrons. The van der Waals surface area contributed by atoms with Crippen LogP contribution in [0.15, 0.2) is 364 Å². The van der Waals surface area contributed by atoms with Crippen molar-refractivity contribution in [1.29, 1.82) is 0 Å². The number of para-hydroxylation sites is 3.